The van der Waals surface area contributed by atoms with Crippen molar-refractivity contribution in [2.45, 2.75) is 32.8 Å². The van der Waals surface area contributed by atoms with Crippen LogP contribution in [-0.2, 0) is 0 Å². The Kier molecular flexibility index (Phi) is 6.22. The molecule has 4 nitrogen and oxygen atoms in total. The van der Waals surface area contributed by atoms with Crippen molar-refractivity contribution in [2.24, 2.45) is 0 Å². The van der Waals surface area contributed by atoms with Crippen molar-refractivity contribution in [2.75, 3.05) is 13.2 Å². The van der Waals surface area contributed by atoms with Crippen LogP contribution in [0.4, 0.5) is 0 Å². The molecule has 100 valence electrons. The maximum absolute atomic E-state index is 11.8. The maximum atomic E-state index is 11.8. The zero-order chi connectivity index (χ0) is 13.4. The summed E-state index contributed by atoms with van der Waals surface area (Å²) >= 11 is 0. The molecule has 1 aromatic rings. The highest BCUT2D eigenvalue weighted by Gasteiger charge is 2.09. The summed E-state index contributed by atoms with van der Waals surface area (Å²) in [6.07, 6.45) is 1.12. The van der Waals surface area contributed by atoms with Gasteiger partial charge < -0.3 is 15.2 Å². The summed E-state index contributed by atoms with van der Waals surface area (Å²) in [5, 5.41) is 12.3. The van der Waals surface area contributed by atoms with Gasteiger partial charge in [0.25, 0.3) is 5.91 Å². The van der Waals surface area contributed by atoms with Gasteiger partial charge in [0.15, 0.2) is 0 Å². The molecule has 18 heavy (non-hydrogen) atoms. The number of rotatable bonds is 7. The van der Waals surface area contributed by atoms with E-state index in [4.69, 9.17) is 4.74 Å². The second-order valence-corrected chi connectivity index (χ2v) is 4.11. The number of hydrogen-bond acceptors (Lipinski definition) is 3. The smallest absolute Gasteiger partial charge is 0.251 e. The summed E-state index contributed by atoms with van der Waals surface area (Å²) in [5.41, 5.74) is 0.546. The molecule has 1 atom stereocenters. The molecule has 0 radical (unpaired) electrons. The van der Waals surface area contributed by atoms with E-state index in [9.17, 15) is 9.90 Å². The van der Waals surface area contributed by atoms with Crippen LogP contribution in [0.1, 0.15) is 37.0 Å². The Morgan fingerprint density at radius 3 is 2.89 bits per heavy atom. The molecule has 0 aromatic heterocycles. The summed E-state index contributed by atoms with van der Waals surface area (Å²) in [5.74, 6) is 0.492. The van der Waals surface area contributed by atoms with Crippen LogP contribution < -0.4 is 10.1 Å². The SMILES string of the molecule is CCCC(O)CNC(=O)c1cccc(OCC)c1. The van der Waals surface area contributed by atoms with Crippen molar-refractivity contribution in [3.8, 4) is 5.75 Å². The second-order valence-electron chi connectivity index (χ2n) is 4.11. The van der Waals surface area contributed by atoms with Gasteiger partial charge in [-0.05, 0) is 31.5 Å². The van der Waals surface area contributed by atoms with Gasteiger partial charge in [0.1, 0.15) is 5.75 Å². The Balaban J connectivity index is 2.53. The first-order valence-electron chi connectivity index (χ1n) is 6.36. The molecule has 0 fully saturated rings. The quantitative estimate of drug-likeness (QED) is 0.779. The van der Waals surface area contributed by atoms with E-state index in [2.05, 4.69) is 5.32 Å². The largest absolute Gasteiger partial charge is 0.494 e. The van der Waals surface area contributed by atoms with E-state index in [1.165, 1.54) is 0 Å². The van der Waals surface area contributed by atoms with Gasteiger partial charge in [-0.2, -0.15) is 0 Å². The van der Waals surface area contributed by atoms with E-state index in [0.717, 1.165) is 6.42 Å². The van der Waals surface area contributed by atoms with Crippen LogP contribution in [0.5, 0.6) is 5.75 Å². The lowest BCUT2D eigenvalue weighted by molar-refractivity contribution is 0.0909. The maximum Gasteiger partial charge on any atom is 0.251 e. The number of nitrogens with one attached hydrogen (secondary N) is 1. The Labute approximate surface area is 108 Å². The Morgan fingerprint density at radius 2 is 2.22 bits per heavy atom. The van der Waals surface area contributed by atoms with Crippen LogP contribution in [0.3, 0.4) is 0 Å². The van der Waals surface area contributed by atoms with Crippen LogP contribution in [-0.4, -0.2) is 30.3 Å². The summed E-state index contributed by atoms with van der Waals surface area (Å²) in [6, 6.07) is 7.02. The van der Waals surface area contributed by atoms with Gasteiger partial charge in [-0.25, -0.2) is 0 Å². The second kappa shape index (κ2) is 7.71. The third-order valence-electron chi connectivity index (χ3n) is 2.53. The molecule has 0 saturated carbocycles. The average Bonchev–Trinajstić information content (AvgIpc) is 2.37. The fraction of sp³-hybridized carbons (Fsp3) is 0.500. The predicted molar refractivity (Wildman–Crippen MR) is 70.9 cm³/mol. The molecule has 0 heterocycles. The van der Waals surface area contributed by atoms with E-state index >= 15 is 0 Å². The van der Waals surface area contributed by atoms with Crippen LogP contribution in [0, 0.1) is 0 Å². The van der Waals surface area contributed by atoms with Crippen molar-refractivity contribution in [1.82, 2.24) is 5.32 Å². The van der Waals surface area contributed by atoms with Crippen LogP contribution in [0.15, 0.2) is 24.3 Å². The van der Waals surface area contributed by atoms with E-state index in [1.54, 1.807) is 18.2 Å². The zero-order valence-corrected chi connectivity index (χ0v) is 11.0. The fourth-order valence-electron chi connectivity index (χ4n) is 1.64. The van der Waals surface area contributed by atoms with Crippen molar-refractivity contribution in [1.29, 1.82) is 0 Å². The lowest BCUT2D eigenvalue weighted by Gasteiger charge is -2.11. The monoisotopic (exact) mass is 251 g/mol. The molecule has 0 aliphatic rings. The van der Waals surface area contributed by atoms with Crippen LogP contribution in [0.25, 0.3) is 0 Å². The first-order chi connectivity index (χ1) is 8.67. The zero-order valence-electron chi connectivity index (χ0n) is 11.0. The van der Waals surface area contributed by atoms with E-state index in [1.807, 2.05) is 19.9 Å². The molecule has 0 saturated heterocycles. The molecular formula is C14H21NO3. The predicted octanol–water partition coefficient (Wildman–Crippen LogP) is 1.98. The average molecular weight is 251 g/mol. The van der Waals surface area contributed by atoms with Gasteiger partial charge in [0, 0.05) is 12.1 Å². The van der Waals surface area contributed by atoms with Crippen molar-refractivity contribution in [3.63, 3.8) is 0 Å². The number of aliphatic hydroxyl groups is 1. The molecule has 1 aromatic carbocycles. The molecule has 0 bridgehead atoms. The first-order valence-corrected chi connectivity index (χ1v) is 6.36. The van der Waals surface area contributed by atoms with Gasteiger partial charge >= 0.3 is 0 Å². The topological polar surface area (TPSA) is 58.6 Å². The first kappa shape index (κ1) is 14.5. The third kappa shape index (κ3) is 4.75. The summed E-state index contributed by atoms with van der Waals surface area (Å²) in [6.45, 7) is 4.75. The molecule has 0 aliphatic heterocycles. The lowest BCUT2D eigenvalue weighted by atomic mass is 10.2. The molecule has 2 N–H and O–H groups in total. The van der Waals surface area contributed by atoms with Crippen LogP contribution in [0.2, 0.25) is 0 Å². The van der Waals surface area contributed by atoms with E-state index in [0.29, 0.717) is 24.3 Å². The summed E-state index contributed by atoms with van der Waals surface area (Å²) in [7, 11) is 0. The highest BCUT2D eigenvalue weighted by molar-refractivity contribution is 5.94. The number of amides is 1. The van der Waals surface area contributed by atoms with E-state index in [-0.39, 0.29) is 12.5 Å². The number of carbonyl (C=O) groups is 1. The third-order valence-corrected chi connectivity index (χ3v) is 2.53. The standard InChI is InChI=1S/C14H21NO3/c1-3-6-12(16)10-15-14(17)11-7-5-8-13(9-11)18-4-2/h5,7-9,12,16H,3-4,6,10H2,1-2H3,(H,15,17). The minimum atomic E-state index is -0.478. The fourth-order valence-corrected chi connectivity index (χ4v) is 1.64. The Morgan fingerprint density at radius 1 is 1.44 bits per heavy atom. The molecule has 1 unspecified atom stereocenters. The highest BCUT2D eigenvalue weighted by atomic mass is 16.5. The highest BCUT2D eigenvalue weighted by Crippen LogP contribution is 2.13. The summed E-state index contributed by atoms with van der Waals surface area (Å²) < 4.78 is 5.33. The normalized spacial score (nSPS) is 11.9. The van der Waals surface area contributed by atoms with Gasteiger partial charge in [-0.15, -0.1) is 0 Å². The van der Waals surface area contributed by atoms with Gasteiger partial charge in [0.05, 0.1) is 12.7 Å². The molecule has 0 aliphatic carbocycles. The molecule has 0 spiro atoms. The van der Waals surface area contributed by atoms with Crippen molar-refractivity contribution in [3.05, 3.63) is 29.8 Å². The molecular weight excluding hydrogens is 230 g/mol. The Hall–Kier alpha value is -1.55. The number of carbonyl (C=O) groups excluding carboxylic acids is 1. The van der Waals surface area contributed by atoms with Gasteiger partial charge in [-0.1, -0.05) is 19.4 Å². The molecule has 4 heteroatoms. The number of aliphatic hydroxyl groups excluding tert-OH is 1. The number of benzene rings is 1. The number of ether oxygens (including phenoxy) is 1. The van der Waals surface area contributed by atoms with Crippen molar-refractivity contribution >= 4 is 5.91 Å². The molecule has 1 amide bonds. The number of hydrogen-bond donors (Lipinski definition) is 2. The minimum Gasteiger partial charge on any atom is -0.494 e. The lowest BCUT2D eigenvalue weighted by Crippen LogP contribution is -2.31. The van der Waals surface area contributed by atoms with Crippen LogP contribution >= 0.6 is 0 Å². The summed E-state index contributed by atoms with van der Waals surface area (Å²) in [4.78, 5) is 11.8. The minimum absolute atomic E-state index is 0.188. The van der Waals surface area contributed by atoms with Gasteiger partial charge in [-0.3, -0.25) is 4.79 Å². The van der Waals surface area contributed by atoms with Gasteiger partial charge in [0.2, 0.25) is 0 Å². The van der Waals surface area contributed by atoms with Crippen molar-refractivity contribution < 1.29 is 14.6 Å². The Bertz CT molecular complexity index is 379. The molecule has 1 rings (SSSR count). The van der Waals surface area contributed by atoms with E-state index < -0.39 is 6.10 Å².